The summed E-state index contributed by atoms with van der Waals surface area (Å²) in [4.78, 5) is 83.9. The van der Waals surface area contributed by atoms with Crippen molar-refractivity contribution < 1.29 is 37.9 Å². The summed E-state index contributed by atoms with van der Waals surface area (Å²) in [6, 6.07) is 29.9. The SMILES string of the molecule is CC(C)OCC(=O)N=CC(C(=O)N1CCCCCC1C(=O)NCc1c#cc(-c2cc3c(o2)=CCCC(c2cnc(C4CCCN4C(=O)C(CC(=O)OC(C)C)c4ccccc4)[nH]2)C=3)cc1)c1ccccc1. The number of fused-ring (bicyclic) bond motifs is 1. The molecule has 2 fully saturated rings. The number of amides is 4. The first-order valence-electron chi connectivity index (χ1n) is 25.1. The highest BCUT2D eigenvalue weighted by atomic mass is 16.5. The third-order valence-electron chi connectivity index (χ3n) is 13.3. The number of aromatic nitrogens is 2. The minimum absolute atomic E-state index is 0.0186. The maximum Gasteiger partial charge on any atom is 0.307 e. The Balaban J connectivity index is 0.918. The van der Waals surface area contributed by atoms with E-state index in [0.29, 0.717) is 30.8 Å². The molecule has 5 atom stereocenters. The predicted octanol–water partition coefficient (Wildman–Crippen LogP) is 7.39. The van der Waals surface area contributed by atoms with Gasteiger partial charge in [0.1, 0.15) is 29.6 Å². The molecule has 71 heavy (non-hydrogen) atoms. The summed E-state index contributed by atoms with van der Waals surface area (Å²) < 4.78 is 17.3. The largest absolute Gasteiger partial charge is 0.463 e. The van der Waals surface area contributed by atoms with Gasteiger partial charge in [-0.05, 0) is 102 Å². The summed E-state index contributed by atoms with van der Waals surface area (Å²) in [5.41, 5.74) is 4.64. The second kappa shape index (κ2) is 23.7. The highest BCUT2D eigenvalue weighted by molar-refractivity contribution is 6.03. The molecule has 5 aromatic rings. The molecular weight excluding hydrogens is 897 g/mol. The van der Waals surface area contributed by atoms with Gasteiger partial charge in [-0.15, -0.1) is 0 Å². The number of esters is 1. The van der Waals surface area contributed by atoms with Gasteiger partial charge in [0.25, 0.3) is 5.91 Å². The van der Waals surface area contributed by atoms with E-state index in [4.69, 9.17) is 18.9 Å². The number of likely N-dealkylation sites (tertiary alicyclic amines) is 2. The standard InChI is InChI=1S/C57H64N6O8/c1-37(2)69-36-52(64)58-34-46(41-18-10-6-11-19-41)57(68)63-28-13-7-12-21-49(63)55(66)60-33-39-24-26-42(27-25-39)51-31-44-30-43(20-14-23-50(44)71-51)47-35-59-54(61-47)48-22-15-29-62(48)56(67)45(32-53(65)70-38(3)4)40-16-8-5-9-17-40/h5-6,8-11,16-19,23-24,26,30-31,34-35,37-38,43,45-46,48-49H,7,12-15,20-22,28-29,32-33,36H2,1-4H3,(H,59,61)(H,60,66). The molecule has 1 aliphatic carbocycles. The molecule has 3 aromatic carbocycles. The van der Waals surface area contributed by atoms with E-state index in [-0.39, 0.29) is 61.5 Å². The van der Waals surface area contributed by atoms with Crippen LogP contribution in [0.3, 0.4) is 0 Å². The van der Waals surface area contributed by atoms with E-state index >= 15 is 0 Å². The van der Waals surface area contributed by atoms with Crippen molar-refractivity contribution in [3.8, 4) is 11.3 Å². The number of furan rings is 1. The summed E-state index contributed by atoms with van der Waals surface area (Å²) in [6.45, 7) is 8.28. The molecular formula is C57H64N6O8. The van der Waals surface area contributed by atoms with Crippen LogP contribution in [0.4, 0.5) is 0 Å². The molecule has 2 aliphatic heterocycles. The van der Waals surface area contributed by atoms with Crippen LogP contribution in [0.25, 0.3) is 23.5 Å². The van der Waals surface area contributed by atoms with Crippen molar-refractivity contribution in [1.82, 2.24) is 25.1 Å². The molecule has 2 aromatic heterocycles. The number of benzene rings is 2. The van der Waals surface area contributed by atoms with Crippen LogP contribution in [0.5, 0.6) is 0 Å². The highest BCUT2D eigenvalue weighted by Gasteiger charge is 2.38. The van der Waals surface area contributed by atoms with Crippen LogP contribution in [-0.4, -0.2) is 93.5 Å². The maximum atomic E-state index is 14.3. The molecule has 14 heteroatoms. The number of rotatable bonds is 17. The second-order valence-corrected chi connectivity index (χ2v) is 19.2. The number of aromatic amines is 1. The van der Waals surface area contributed by atoms with Crippen molar-refractivity contribution in [2.24, 2.45) is 4.99 Å². The van der Waals surface area contributed by atoms with Gasteiger partial charge < -0.3 is 34.0 Å². The lowest BCUT2D eigenvalue weighted by atomic mass is 9.93. The molecule has 3 aliphatic rings. The van der Waals surface area contributed by atoms with Gasteiger partial charge in [0.05, 0.1) is 48.6 Å². The smallest absolute Gasteiger partial charge is 0.307 e. The van der Waals surface area contributed by atoms with E-state index in [1.807, 2.05) is 104 Å². The zero-order valence-corrected chi connectivity index (χ0v) is 41.1. The lowest BCUT2D eigenvalue weighted by Gasteiger charge is -2.31. The fourth-order valence-electron chi connectivity index (χ4n) is 9.69. The summed E-state index contributed by atoms with van der Waals surface area (Å²) >= 11 is 0. The first-order valence-corrected chi connectivity index (χ1v) is 25.1. The van der Waals surface area contributed by atoms with Crippen molar-refractivity contribution in [2.45, 2.75) is 134 Å². The lowest BCUT2D eigenvalue weighted by molar-refractivity contribution is -0.150. The van der Waals surface area contributed by atoms with E-state index in [1.54, 1.807) is 18.7 Å². The number of carbonyl (C=O) groups excluding carboxylic acids is 5. The average molecular weight is 961 g/mol. The van der Waals surface area contributed by atoms with Gasteiger partial charge in [-0.1, -0.05) is 91.7 Å². The van der Waals surface area contributed by atoms with Gasteiger partial charge >= 0.3 is 5.97 Å². The zero-order chi connectivity index (χ0) is 49.9. The van der Waals surface area contributed by atoms with Gasteiger partial charge in [0, 0.05) is 47.9 Å². The van der Waals surface area contributed by atoms with Crippen molar-refractivity contribution >= 4 is 48.0 Å². The molecule has 0 radical (unpaired) electrons. The minimum Gasteiger partial charge on any atom is -0.463 e. The molecule has 14 nitrogen and oxygen atoms in total. The number of carbonyl (C=O) groups is 5. The van der Waals surface area contributed by atoms with Crippen molar-refractivity contribution in [2.75, 3.05) is 19.7 Å². The average Bonchev–Trinajstić information content (AvgIpc) is 4.08. The number of nitrogens with one attached hydrogen (secondary N) is 2. The molecule has 0 bridgehead atoms. The molecule has 8 rings (SSSR count). The monoisotopic (exact) mass is 960 g/mol. The van der Waals surface area contributed by atoms with Crippen LogP contribution in [0.15, 0.2) is 94.5 Å². The van der Waals surface area contributed by atoms with E-state index in [2.05, 4.69) is 39.6 Å². The second-order valence-electron chi connectivity index (χ2n) is 19.2. The number of nitrogens with zero attached hydrogens (tertiary/aromatic N) is 4. The summed E-state index contributed by atoms with van der Waals surface area (Å²) in [5, 5.41) is 4.00. The number of hydrogen-bond acceptors (Lipinski definition) is 9. The highest BCUT2D eigenvalue weighted by Crippen LogP contribution is 2.36. The molecule has 370 valence electrons. The molecule has 4 amide bonds. The first kappa shape index (κ1) is 50.3. The Morgan fingerprint density at radius 2 is 1.62 bits per heavy atom. The third kappa shape index (κ3) is 12.8. The van der Waals surface area contributed by atoms with Crippen molar-refractivity contribution in [1.29, 1.82) is 0 Å². The molecule has 2 N–H and O–H groups in total. The fraction of sp³-hybridized carbons (Fsp3) is 0.421. The van der Waals surface area contributed by atoms with Crippen molar-refractivity contribution in [3.05, 3.63) is 136 Å². The number of ether oxygens (including phenoxy) is 2. The molecule has 5 unspecified atom stereocenters. The molecule has 4 heterocycles. The Morgan fingerprint density at radius 3 is 2.35 bits per heavy atom. The Hall–Kier alpha value is -7.11. The van der Waals surface area contributed by atoms with E-state index < -0.39 is 29.8 Å². The third-order valence-corrected chi connectivity index (χ3v) is 13.3. The Bertz CT molecular complexity index is 2780. The number of aliphatic imine (C=N–C) groups is 1. The topological polar surface area (TPSA) is 176 Å². The van der Waals surface area contributed by atoms with Gasteiger partial charge in [-0.3, -0.25) is 24.0 Å². The minimum atomic E-state index is -0.846. The molecule has 0 spiro atoms. The van der Waals surface area contributed by atoms with Crippen LogP contribution in [0.1, 0.15) is 137 Å². The summed E-state index contributed by atoms with van der Waals surface area (Å²) in [6.07, 6.45) is 13.3. The predicted molar refractivity (Wildman–Crippen MR) is 269 cm³/mol. The van der Waals surface area contributed by atoms with Crippen LogP contribution in [0.2, 0.25) is 0 Å². The van der Waals surface area contributed by atoms with Crippen LogP contribution in [0, 0.1) is 12.1 Å². The number of imidazole rings is 1. The van der Waals surface area contributed by atoms with Gasteiger partial charge in [0.2, 0.25) is 17.7 Å². The lowest BCUT2D eigenvalue weighted by Crippen LogP contribution is -2.50. The van der Waals surface area contributed by atoms with E-state index in [9.17, 15) is 24.0 Å². The normalized spacial score (nSPS) is 18.9. The van der Waals surface area contributed by atoms with Gasteiger partial charge in [-0.2, -0.15) is 0 Å². The number of H-pyrrole nitrogens is 1. The van der Waals surface area contributed by atoms with Gasteiger partial charge in [-0.25, -0.2) is 9.98 Å². The number of hydrogen-bond donors (Lipinski definition) is 2. The van der Waals surface area contributed by atoms with Crippen molar-refractivity contribution in [3.63, 3.8) is 0 Å². The summed E-state index contributed by atoms with van der Waals surface area (Å²) in [7, 11) is 0. The quantitative estimate of drug-likeness (QED) is 0.0711. The maximum absolute atomic E-state index is 14.3. The Labute approximate surface area is 415 Å². The van der Waals surface area contributed by atoms with Crippen LogP contribution in [-0.2, 0) is 40.0 Å². The first-order chi connectivity index (χ1) is 34.4. The Kier molecular flexibility index (Phi) is 16.8. The summed E-state index contributed by atoms with van der Waals surface area (Å²) in [5.74, 6) is -1.63. The van der Waals surface area contributed by atoms with Crippen LogP contribution < -0.4 is 16.0 Å². The van der Waals surface area contributed by atoms with Crippen LogP contribution >= 0.6 is 0 Å². The fourth-order valence-corrected chi connectivity index (χ4v) is 9.69. The molecule has 0 saturated carbocycles. The Morgan fingerprint density at radius 1 is 0.859 bits per heavy atom. The zero-order valence-electron chi connectivity index (χ0n) is 41.1. The van der Waals surface area contributed by atoms with E-state index in [0.717, 1.165) is 83.8 Å². The van der Waals surface area contributed by atoms with Gasteiger partial charge in [0.15, 0.2) is 0 Å². The van der Waals surface area contributed by atoms with E-state index in [1.165, 1.54) is 6.21 Å². The molecule has 2 saturated heterocycles.